The van der Waals surface area contributed by atoms with Crippen molar-refractivity contribution in [3.63, 3.8) is 0 Å². The summed E-state index contributed by atoms with van der Waals surface area (Å²) in [4.78, 5) is 78.7. The number of hydrogen-bond acceptors (Lipinski definition) is 13. The molecule has 2 aliphatic carbocycles. The first kappa shape index (κ1) is 42.6. The lowest BCUT2D eigenvalue weighted by Crippen LogP contribution is -2.74. The molecule has 4 heterocycles. The van der Waals surface area contributed by atoms with Gasteiger partial charge in [-0.2, -0.15) is 5.26 Å². The number of nitrogens with zero attached hydrogens (tertiary/aromatic N) is 6. The highest BCUT2D eigenvalue weighted by Gasteiger charge is 2.64. The predicted octanol–water partition coefficient (Wildman–Crippen LogP) is 4.52. The van der Waals surface area contributed by atoms with Gasteiger partial charge in [0.1, 0.15) is 53.1 Å². The lowest BCUT2D eigenvalue weighted by Gasteiger charge is -2.63. The quantitative estimate of drug-likeness (QED) is 0.215. The van der Waals surface area contributed by atoms with E-state index in [9.17, 15) is 29.2 Å². The van der Waals surface area contributed by atoms with Crippen molar-refractivity contribution in [3.05, 3.63) is 71.2 Å². The Hall–Kier alpha value is -6.08. The average Bonchev–Trinajstić information content (AvgIpc) is 3.44. The van der Waals surface area contributed by atoms with Gasteiger partial charge in [0.25, 0.3) is 17.7 Å². The summed E-state index contributed by atoms with van der Waals surface area (Å²) in [6.45, 7) is 17.5. The average molecular weight is 847 g/mol. The van der Waals surface area contributed by atoms with Crippen LogP contribution < -0.4 is 29.7 Å². The molecule has 2 N–H and O–H groups in total. The van der Waals surface area contributed by atoms with E-state index in [0.29, 0.717) is 47.4 Å². The van der Waals surface area contributed by atoms with Crippen LogP contribution in [0.15, 0.2) is 48.8 Å². The van der Waals surface area contributed by atoms with Gasteiger partial charge in [0.2, 0.25) is 11.8 Å². The molecular formula is C46H54N8O8. The van der Waals surface area contributed by atoms with E-state index in [1.54, 1.807) is 42.6 Å². The fourth-order valence-electron chi connectivity index (χ4n) is 10.3. The Bertz CT molecular complexity index is 2310. The number of aromatic nitrogens is 2. The third-order valence-electron chi connectivity index (χ3n) is 13.3. The maximum absolute atomic E-state index is 13.5. The minimum absolute atomic E-state index is 0.0406. The molecule has 0 radical (unpaired) electrons. The number of hydrogen-bond donors (Lipinski definition) is 2. The van der Waals surface area contributed by atoms with Gasteiger partial charge in [-0.15, -0.1) is 0 Å². The van der Waals surface area contributed by atoms with Crippen LogP contribution in [0.2, 0.25) is 0 Å². The first-order valence-corrected chi connectivity index (χ1v) is 21.5. The van der Waals surface area contributed by atoms with E-state index in [1.807, 2.05) is 6.92 Å². The molecule has 16 nitrogen and oxygen atoms in total. The highest BCUT2D eigenvalue weighted by Crippen LogP contribution is 2.55. The van der Waals surface area contributed by atoms with Crippen molar-refractivity contribution < 1.29 is 38.2 Å². The molecule has 16 heteroatoms. The number of benzene rings is 2. The summed E-state index contributed by atoms with van der Waals surface area (Å²) >= 11 is 0. The van der Waals surface area contributed by atoms with Gasteiger partial charge in [0.05, 0.1) is 35.7 Å². The lowest BCUT2D eigenvalue weighted by molar-refractivity contribution is -0.164. The summed E-state index contributed by atoms with van der Waals surface area (Å²) < 4.78 is 18.4. The van der Waals surface area contributed by atoms with Gasteiger partial charge < -0.3 is 24.4 Å². The summed E-state index contributed by atoms with van der Waals surface area (Å²) in [7, 11) is 0. The summed E-state index contributed by atoms with van der Waals surface area (Å²) in [5, 5.41) is 14.9. The molecule has 8 rings (SSSR count). The maximum atomic E-state index is 13.5. The van der Waals surface area contributed by atoms with Gasteiger partial charge in [0.15, 0.2) is 0 Å². The van der Waals surface area contributed by atoms with Crippen LogP contribution in [0, 0.1) is 28.1 Å². The molecule has 2 aromatic carbocycles. The Balaban J connectivity index is 0.799. The Kier molecular flexibility index (Phi) is 11.2. The Labute approximate surface area is 361 Å². The zero-order valence-corrected chi connectivity index (χ0v) is 36.3. The van der Waals surface area contributed by atoms with Crippen LogP contribution in [0.5, 0.6) is 17.2 Å². The van der Waals surface area contributed by atoms with Gasteiger partial charge in [0, 0.05) is 79.8 Å². The fourth-order valence-corrected chi connectivity index (χ4v) is 10.3. The normalized spacial score (nSPS) is 25.0. The Morgan fingerprint density at radius 2 is 1.66 bits per heavy atom. The summed E-state index contributed by atoms with van der Waals surface area (Å²) in [6.07, 6.45) is 4.76. The van der Waals surface area contributed by atoms with Crippen molar-refractivity contribution in [3.8, 4) is 23.3 Å². The summed E-state index contributed by atoms with van der Waals surface area (Å²) in [5.74, 6) is 0.314. The molecule has 3 aliphatic heterocycles. The number of nitriles is 1. The van der Waals surface area contributed by atoms with Crippen molar-refractivity contribution in [1.82, 2.24) is 30.4 Å². The number of imide groups is 2. The van der Waals surface area contributed by atoms with Gasteiger partial charge in [-0.1, -0.05) is 27.7 Å². The molecule has 5 aliphatic rings. The van der Waals surface area contributed by atoms with E-state index < -0.39 is 40.5 Å². The zero-order valence-electron chi connectivity index (χ0n) is 36.3. The minimum atomic E-state index is -1.01. The third kappa shape index (κ3) is 7.71. The standard InChI is InChI=1S/C46H54N8O8/c1-8-60-36-18-30(10-9-27(36)19-47)62-44-45(4,5)43(46(44,6)7)51-39(56)34-20-49-37(21-48-34)52-22-26(23-52)24-53(25(2)3)28-15-31(16-28)61-29-11-12-32-33(17-29)42(59)54(41(32)58)35-13-14-38(55)50-40(35)57/h9-12,17-18,20-21,25-26,28,31,35,43-44H,8,13-16,22-24H2,1-7H3,(H,51,56)(H,50,55,57). The van der Waals surface area contributed by atoms with E-state index in [0.717, 1.165) is 43.2 Å². The number of amides is 5. The molecule has 62 heavy (non-hydrogen) atoms. The van der Waals surface area contributed by atoms with E-state index in [4.69, 9.17) is 14.2 Å². The van der Waals surface area contributed by atoms with Crippen LogP contribution in [0.25, 0.3) is 0 Å². The molecule has 1 unspecified atom stereocenters. The van der Waals surface area contributed by atoms with Crippen molar-refractivity contribution in [2.45, 2.75) is 111 Å². The number of carbonyl (C=O) groups is 5. The number of fused-ring (bicyclic) bond motifs is 1. The van der Waals surface area contributed by atoms with Crippen molar-refractivity contribution >= 4 is 35.4 Å². The molecule has 2 saturated carbocycles. The summed E-state index contributed by atoms with van der Waals surface area (Å²) in [5.41, 5.74) is 0.306. The molecule has 4 fully saturated rings. The number of anilines is 1. The van der Waals surface area contributed by atoms with Crippen LogP contribution >= 0.6 is 0 Å². The van der Waals surface area contributed by atoms with E-state index in [1.165, 1.54) is 6.20 Å². The maximum Gasteiger partial charge on any atom is 0.271 e. The lowest BCUT2D eigenvalue weighted by atomic mass is 9.49. The molecule has 1 aromatic heterocycles. The van der Waals surface area contributed by atoms with E-state index in [-0.39, 0.29) is 53.8 Å². The van der Waals surface area contributed by atoms with Gasteiger partial charge in [-0.3, -0.25) is 39.1 Å². The molecule has 2 saturated heterocycles. The SMILES string of the molecule is CCOc1cc(OC2C(C)(C)C(NC(=O)c3cnc(N4CC(CN(C(C)C)C5CC(Oc6ccc7c(c6)C(=O)N(C6CCC(=O)NC6=O)C7=O)C5)C4)cn3)C2(C)C)ccc1C#N. The van der Waals surface area contributed by atoms with Gasteiger partial charge in [-0.05, 0) is 57.5 Å². The Morgan fingerprint density at radius 1 is 0.968 bits per heavy atom. The second-order valence-corrected chi connectivity index (χ2v) is 18.6. The van der Waals surface area contributed by atoms with E-state index in [2.05, 4.69) is 78.0 Å². The molecular weight excluding hydrogens is 793 g/mol. The van der Waals surface area contributed by atoms with Crippen LogP contribution in [0.1, 0.15) is 111 Å². The second kappa shape index (κ2) is 16.3. The monoisotopic (exact) mass is 846 g/mol. The number of carbonyl (C=O) groups excluding carboxylic acids is 5. The highest BCUT2D eigenvalue weighted by molar-refractivity contribution is 6.23. The second-order valence-electron chi connectivity index (χ2n) is 18.6. The number of ether oxygens (including phenoxy) is 3. The smallest absolute Gasteiger partial charge is 0.271 e. The van der Waals surface area contributed by atoms with Crippen LogP contribution in [-0.4, -0.2) is 112 Å². The van der Waals surface area contributed by atoms with E-state index >= 15 is 0 Å². The largest absolute Gasteiger partial charge is 0.492 e. The third-order valence-corrected chi connectivity index (χ3v) is 13.3. The fraction of sp³-hybridized carbons (Fsp3) is 0.522. The van der Waals surface area contributed by atoms with Crippen molar-refractivity contribution in [1.29, 1.82) is 5.26 Å². The zero-order chi connectivity index (χ0) is 44.2. The van der Waals surface area contributed by atoms with Crippen LogP contribution in [0.4, 0.5) is 5.82 Å². The molecule has 0 spiro atoms. The van der Waals surface area contributed by atoms with Crippen molar-refractivity contribution in [2.24, 2.45) is 16.7 Å². The predicted molar refractivity (Wildman–Crippen MR) is 226 cm³/mol. The Morgan fingerprint density at radius 3 is 2.31 bits per heavy atom. The molecule has 0 bridgehead atoms. The molecule has 5 amide bonds. The highest BCUT2D eigenvalue weighted by atomic mass is 16.5. The molecule has 3 aromatic rings. The minimum Gasteiger partial charge on any atom is -0.492 e. The topological polar surface area (TPSA) is 196 Å². The number of nitrogens with one attached hydrogen (secondary N) is 2. The van der Waals surface area contributed by atoms with Crippen LogP contribution in [-0.2, 0) is 9.59 Å². The number of piperidine rings is 1. The molecule has 1 atom stereocenters. The summed E-state index contributed by atoms with van der Waals surface area (Å²) in [6, 6.07) is 11.7. The van der Waals surface area contributed by atoms with Gasteiger partial charge in [-0.25, -0.2) is 9.97 Å². The first-order valence-electron chi connectivity index (χ1n) is 21.5. The molecule has 326 valence electrons. The number of rotatable bonds is 14. The first-order chi connectivity index (χ1) is 29.5. The van der Waals surface area contributed by atoms with Crippen LogP contribution in [0.3, 0.4) is 0 Å². The van der Waals surface area contributed by atoms with Crippen molar-refractivity contribution in [2.75, 3.05) is 31.1 Å². The van der Waals surface area contributed by atoms with Gasteiger partial charge >= 0.3 is 0 Å².